The van der Waals surface area contributed by atoms with E-state index in [1.807, 2.05) is 31.2 Å². The zero-order valence-electron chi connectivity index (χ0n) is 11.7. The van der Waals surface area contributed by atoms with Crippen molar-refractivity contribution >= 4 is 34.8 Å². The summed E-state index contributed by atoms with van der Waals surface area (Å²) in [5.41, 5.74) is 2.17. The smallest absolute Gasteiger partial charge is 0.145 e. The maximum atomic E-state index is 14.2. The van der Waals surface area contributed by atoms with Crippen LogP contribution in [0.3, 0.4) is 0 Å². The monoisotopic (exact) mass is 344 g/mol. The van der Waals surface area contributed by atoms with Crippen LogP contribution in [-0.4, -0.2) is 11.8 Å². The van der Waals surface area contributed by atoms with Crippen molar-refractivity contribution in [1.82, 2.24) is 0 Å². The minimum absolute atomic E-state index is 0.121. The van der Waals surface area contributed by atoms with E-state index in [0.717, 1.165) is 11.1 Å². The van der Waals surface area contributed by atoms with Crippen molar-refractivity contribution in [2.24, 2.45) is 0 Å². The van der Waals surface area contributed by atoms with Gasteiger partial charge in [-0.15, -0.1) is 23.2 Å². The number of halogens is 4. The van der Waals surface area contributed by atoms with Gasteiger partial charge >= 0.3 is 0 Å². The summed E-state index contributed by atoms with van der Waals surface area (Å²) in [5, 5.41) is 0.121. The lowest BCUT2D eigenvalue weighted by Gasteiger charge is -2.32. The average molecular weight is 346 g/mol. The minimum Gasteiger partial charge on any atom is -0.205 e. The van der Waals surface area contributed by atoms with Crippen LogP contribution in [0.2, 0.25) is 5.02 Å². The molecule has 0 bridgehead atoms. The molecule has 0 N–H and O–H groups in total. The maximum absolute atomic E-state index is 14.2. The summed E-state index contributed by atoms with van der Waals surface area (Å²) < 4.78 is 14.2. The number of hydrogen-bond donors (Lipinski definition) is 0. The number of alkyl halides is 2. The molecule has 0 aliphatic rings. The molecule has 2 aromatic rings. The molecule has 0 saturated heterocycles. The molecule has 0 atom stereocenters. The Bertz CT molecular complexity index is 621. The molecule has 0 aromatic heterocycles. The zero-order valence-corrected chi connectivity index (χ0v) is 13.9. The normalized spacial score (nSPS) is 11.7. The molecule has 0 unspecified atom stereocenters. The van der Waals surface area contributed by atoms with E-state index in [9.17, 15) is 4.39 Å². The van der Waals surface area contributed by atoms with Crippen molar-refractivity contribution in [2.45, 2.75) is 18.8 Å². The molecule has 0 heterocycles. The minimum atomic E-state index is -0.514. The highest BCUT2D eigenvalue weighted by Crippen LogP contribution is 2.35. The Labute approximate surface area is 139 Å². The molecule has 112 valence electrons. The Hall–Kier alpha value is -0.760. The predicted octanol–water partition coefficient (Wildman–Crippen LogP) is 5.75. The molecule has 2 rings (SSSR count). The molecule has 21 heavy (non-hydrogen) atoms. The molecule has 0 aliphatic heterocycles. The lowest BCUT2D eigenvalue weighted by molar-refractivity contribution is 0.510. The van der Waals surface area contributed by atoms with Gasteiger partial charge in [-0.2, -0.15) is 0 Å². The fourth-order valence-corrected chi connectivity index (χ4v) is 3.54. The maximum Gasteiger partial charge on any atom is 0.145 e. The summed E-state index contributed by atoms with van der Waals surface area (Å²) >= 11 is 18.3. The van der Waals surface area contributed by atoms with E-state index in [0.29, 0.717) is 23.7 Å². The Morgan fingerprint density at radius 2 is 1.67 bits per heavy atom. The second-order valence-electron chi connectivity index (χ2n) is 5.25. The highest BCUT2D eigenvalue weighted by Gasteiger charge is 2.33. The van der Waals surface area contributed by atoms with Gasteiger partial charge in [-0.3, -0.25) is 0 Å². The van der Waals surface area contributed by atoms with Crippen LogP contribution in [0.5, 0.6) is 0 Å². The van der Waals surface area contributed by atoms with Crippen molar-refractivity contribution in [2.75, 3.05) is 11.8 Å². The van der Waals surface area contributed by atoms with Crippen molar-refractivity contribution in [3.8, 4) is 0 Å². The summed E-state index contributed by atoms with van der Waals surface area (Å²) in [6.07, 6.45) is 0.414. The Kier molecular flexibility index (Phi) is 5.54. The second kappa shape index (κ2) is 7.00. The molecule has 0 saturated carbocycles. The highest BCUT2D eigenvalue weighted by atomic mass is 35.5. The summed E-state index contributed by atoms with van der Waals surface area (Å²) in [6.45, 7) is 2.01. The van der Waals surface area contributed by atoms with Crippen LogP contribution in [-0.2, 0) is 11.8 Å². The van der Waals surface area contributed by atoms with Crippen molar-refractivity contribution in [1.29, 1.82) is 0 Å². The van der Waals surface area contributed by atoms with E-state index in [1.54, 1.807) is 12.1 Å². The number of rotatable bonds is 5. The number of aryl methyl sites for hydroxylation is 1. The topological polar surface area (TPSA) is 0 Å². The van der Waals surface area contributed by atoms with Gasteiger partial charge in [-0.1, -0.05) is 48.0 Å². The third kappa shape index (κ3) is 3.36. The van der Waals surface area contributed by atoms with E-state index in [-0.39, 0.29) is 5.02 Å². The number of benzene rings is 2. The van der Waals surface area contributed by atoms with Crippen LogP contribution in [0.15, 0.2) is 42.5 Å². The molecular formula is C17H16Cl3F. The Balaban J connectivity index is 2.49. The number of hydrogen-bond acceptors (Lipinski definition) is 0. The predicted molar refractivity (Wildman–Crippen MR) is 89.4 cm³/mol. The van der Waals surface area contributed by atoms with Crippen LogP contribution in [0, 0.1) is 12.7 Å². The fourth-order valence-electron chi connectivity index (χ4n) is 2.59. The molecule has 0 amide bonds. The molecule has 4 heteroatoms. The first kappa shape index (κ1) is 16.6. The lowest BCUT2D eigenvalue weighted by atomic mass is 9.77. The zero-order chi connectivity index (χ0) is 15.5. The van der Waals surface area contributed by atoms with Crippen LogP contribution >= 0.6 is 34.8 Å². The van der Waals surface area contributed by atoms with Gasteiger partial charge in [-0.25, -0.2) is 4.39 Å². The average Bonchev–Trinajstić information content (AvgIpc) is 2.50. The molecule has 2 aromatic carbocycles. The van der Waals surface area contributed by atoms with Gasteiger partial charge in [0.1, 0.15) is 5.82 Å². The summed E-state index contributed by atoms with van der Waals surface area (Å²) in [7, 11) is 0. The van der Waals surface area contributed by atoms with Crippen molar-refractivity contribution in [3.05, 3.63) is 70.0 Å². The van der Waals surface area contributed by atoms with Gasteiger partial charge in [0.15, 0.2) is 0 Å². The first-order valence-corrected chi connectivity index (χ1v) is 8.10. The third-order valence-electron chi connectivity index (χ3n) is 3.79. The van der Waals surface area contributed by atoms with Gasteiger partial charge in [-0.05, 0) is 36.1 Å². The van der Waals surface area contributed by atoms with Crippen molar-refractivity contribution in [3.63, 3.8) is 0 Å². The quantitative estimate of drug-likeness (QED) is 0.606. The molecular weight excluding hydrogens is 330 g/mol. The van der Waals surface area contributed by atoms with Gasteiger partial charge in [0.05, 0.1) is 5.02 Å². The summed E-state index contributed by atoms with van der Waals surface area (Å²) in [4.78, 5) is 0. The summed E-state index contributed by atoms with van der Waals surface area (Å²) in [5.74, 6) is 0.230. The van der Waals surface area contributed by atoms with Crippen LogP contribution in [0.1, 0.15) is 16.7 Å². The second-order valence-corrected chi connectivity index (χ2v) is 6.19. The summed E-state index contributed by atoms with van der Waals surface area (Å²) in [6, 6.07) is 12.9. The Morgan fingerprint density at radius 1 is 1.00 bits per heavy atom. The van der Waals surface area contributed by atoms with Crippen LogP contribution < -0.4 is 0 Å². The van der Waals surface area contributed by atoms with E-state index >= 15 is 0 Å². The third-order valence-corrected chi connectivity index (χ3v) is 5.10. The lowest BCUT2D eigenvalue weighted by Crippen LogP contribution is -2.34. The van der Waals surface area contributed by atoms with Crippen LogP contribution in [0.4, 0.5) is 4.39 Å². The van der Waals surface area contributed by atoms with Gasteiger partial charge < -0.3 is 0 Å². The largest absolute Gasteiger partial charge is 0.205 e. The van der Waals surface area contributed by atoms with Crippen molar-refractivity contribution < 1.29 is 4.39 Å². The van der Waals surface area contributed by atoms with Gasteiger partial charge in [0.25, 0.3) is 0 Å². The molecule has 0 nitrogen and oxygen atoms in total. The van der Waals surface area contributed by atoms with E-state index < -0.39 is 11.2 Å². The van der Waals surface area contributed by atoms with Crippen LogP contribution in [0.25, 0.3) is 0 Å². The first-order chi connectivity index (χ1) is 10.0. The SMILES string of the molecule is Cc1ccccc1C(CCl)(CCl)Cc1cccc(Cl)c1F. The molecule has 0 spiro atoms. The van der Waals surface area contributed by atoms with E-state index in [4.69, 9.17) is 34.8 Å². The van der Waals surface area contributed by atoms with E-state index in [2.05, 4.69) is 0 Å². The van der Waals surface area contributed by atoms with E-state index in [1.165, 1.54) is 6.07 Å². The Morgan fingerprint density at radius 3 is 2.29 bits per heavy atom. The molecule has 0 radical (unpaired) electrons. The first-order valence-electron chi connectivity index (χ1n) is 6.65. The fraction of sp³-hybridized carbons (Fsp3) is 0.294. The molecule has 0 fully saturated rings. The van der Waals surface area contributed by atoms with Gasteiger partial charge in [0.2, 0.25) is 0 Å². The van der Waals surface area contributed by atoms with Gasteiger partial charge in [0, 0.05) is 17.2 Å². The standard InChI is InChI=1S/C17H16Cl3F/c1-12-5-2-3-7-14(12)17(10-18,11-19)9-13-6-4-8-15(20)16(13)21/h2-8H,9-11H2,1H3. The highest BCUT2D eigenvalue weighted by molar-refractivity contribution is 6.30. The molecule has 0 aliphatic carbocycles.